The molecule has 7 nitrogen and oxygen atoms in total. The van der Waals surface area contributed by atoms with Crippen LogP contribution >= 0.6 is 0 Å². The van der Waals surface area contributed by atoms with Gasteiger partial charge in [-0.15, -0.1) is 0 Å². The summed E-state index contributed by atoms with van der Waals surface area (Å²) >= 11 is 0. The summed E-state index contributed by atoms with van der Waals surface area (Å²) in [6, 6.07) is 11.3. The van der Waals surface area contributed by atoms with Crippen LogP contribution in [0.3, 0.4) is 0 Å². The van der Waals surface area contributed by atoms with Crippen molar-refractivity contribution >= 4 is 17.5 Å². The molecule has 2 aromatic heterocycles. The van der Waals surface area contributed by atoms with E-state index in [1.165, 1.54) is 18.0 Å². The van der Waals surface area contributed by atoms with E-state index in [9.17, 15) is 4.79 Å². The molecule has 0 radical (unpaired) electrons. The van der Waals surface area contributed by atoms with Crippen LogP contribution in [0.5, 0.6) is 5.75 Å². The zero-order chi connectivity index (χ0) is 20.6. The van der Waals surface area contributed by atoms with Crippen LogP contribution in [0.25, 0.3) is 0 Å². The number of benzene rings is 1. The predicted molar refractivity (Wildman–Crippen MR) is 113 cm³/mol. The molecule has 0 saturated carbocycles. The lowest BCUT2D eigenvalue weighted by atomic mass is 10.2. The molecule has 0 saturated heterocycles. The van der Waals surface area contributed by atoms with E-state index in [4.69, 9.17) is 4.74 Å². The number of aromatic nitrogens is 3. The molecular weight excluding hydrogens is 366 g/mol. The van der Waals surface area contributed by atoms with E-state index in [1.807, 2.05) is 56.1 Å². The number of carbonyl (C=O) groups is 1. The maximum Gasteiger partial charge on any atom is 0.258 e. The van der Waals surface area contributed by atoms with E-state index in [0.717, 1.165) is 13.0 Å². The van der Waals surface area contributed by atoms with E-state index in [-0.39, 0.29) is 12.0 Å². The number of amides is 1. The van der Waals surface area contributed by atoms with Crippen LogP contribution in [0.1, 0.15) is 29.8 Å². The van der Waals surface area contributed by atoms with Gasteiger partial charge < -0.3 is 15.0 Å². The van der Waals surface area contributed by atoms with Gasteiger partial charge in [-0.1, -0.05) is 12.1 Å². The van der Waals surface area contributed by atoms with Gasteiger partial charge in [-0.3, -0.25) is 9.78 Å². The zero-order valence-electron chi connectivity index (χ0n) is 16.9. The Morgan fingerprint density at radius 2 is 1.79 bits per heavy atom. The summed E-state index contributed by atoms with van der Waals surface area (Å²) in [6.07, 6.45) is 7.50. The van der Waals surface area contributed by atoms with Crippen molar-refractivity contribution in [3.05, 3.63) is 72.3 Å². The van der Waals surface area contributed by atoms with Crippen molar-refractivity contribution in [3.8, 4) is 5.75 Å². The van der Waals surface area contributed by atoms with Crippen molar-refractivity contribution in [2.75, 3.05) is 23.8 Å². The molecule has 0 aliphatic heterocycles. The van der Waals surface area contributed by atoms with Gasteiger partial charge in [0.2, 0.25) is 5.95 Å². The van der Waals surface area contributed by atoms with Crippen molar-refractivity contribution in [2.24, 2.45) is 0 Å². The molecule has 2 heterocycles. The first-order chi connectivity index (χ1) is 14.0. The fourth-order valence-electron chi connectivity index (χ4n) is 2.70. The van der Waals surface area contributed by atoms with E-state index in [1.54, 1.807) is 18.5 Å². The van der Waals surface area contributed by atoms with Gasteiger partial charge in [0.25, 0.3) is 5.91 Å². The SMILES string of the molecule is CC(C)Oc1ccccc1NC(=O)c1cnc(N(C)CCc2ccncc2)nc1. The molecule has 3 aromatic rings. The Morgan fingerprint density at radius 1 is 1.10 bits per heavy atom. The van der Waals surface area contributed by atoms with Crippen molar-refractivity contribution in [2.45, 2.75) is 26.4 Å². The second-order valence-corrected chi connectivity index (χ2v) is 6.92. The van der Waals surface area contributed by atoms with Gasteiger partial charge in [0.05, 0.1) is 17.4 Å². The van der Waals surface area contributed by atoms with Gasteiger partial charge in [-0.2, -0.15) is 0 Å². The second-order valence-electron chi connectivity index (χ2n) is 6.92. The van der Waals surface area contributed by atoms with Crippen LogP contribution < -0.4 is 15.0 Å². The largest absolute Gasteiger partial charge is 0.489 e. The summed E-state index contributed by atoms with van der Waals surface area (Å²) in [7, 11) is 1.93. The van der Waals surface area contributed by atoms with Crippen LogP contribution in [0.4, 0.5) is 11.6 Å². The minimum Gasteiger partial charge on any atom is -0.489 e. The molecule has 29 heavy (non-hydrogen) atoms. The number of rotatable bonds is 8. The maximum absolute atomic E-state index is 12.6. The quantitative estimate of drug-likeness (QED) is 0.632. The number of para-hydroxylation sites is 2. The molecule has 0 fully saturated rings. The summed E-state index contributed by atoms with van der Waals surface area (Å²) in [6.45, 7) is 4.64. The van der Waals surface area contributed by atoms with Gasteiger partial charge in [0, 0.05) is 38.4 Å². The van der Waals surface area contributed by atoms with Crippen molar-refractivity contribution in [1.82, 2.24) is 15.0 Å². The third kappa shape index (κ3) is 5.75. The molecule has 1 N–H and O–H groups in total. The molecule has 150 valence electrons. The number of likely N-dealkylation sites (N-methyl/N-ethyl adjacent to an activating group) is 1. The fraction of sp³-hybridized carbons (Fsp3) is 0.273. The Kier molecular flexibility index (Phi) is 6.73. The third-order valence-corrected chi connectivity index (χ3v) is 4.22. The summed E-state index contributed by atoms with van der Waals surface area (Å²) < 4.78 is 5.74. The molecule has 7 heteroatoms. The van der Waals surface area contributed by atoms with Crippen molar-refractivity contribution in [1.29, 1.82) is 0 Å². The Balaban J connectivity index is 1.62. The number of nitrogens with zero attached hydrogens (tertiary/aromatic N) is 4. The lowest BCUT2D eigenvalue weighted by Gasteiger charge is -2.17. The average molecular weight is 391 g/mol. The lowest BCUT2D eigenvalue weighted by molar-refractivity contribution is 0.102. The Hall–Kier alpha value is -3.48. The number of hydrogen-bond acceptors (Lipinski definition) is 6. The van der Waals surface area contributed by atoms with Crippen molar-refractivity contribution in [3.63, 3.8) is 0 Å². The zero-order valence-corrected chi connectivity index (χ0v) is 16.9. The molecule has 1 amide bonds. The topological polar surface area (TPSA) is 80.2 Å². The molecule has 0 aliphatic carbocycles. The normalized spacial score (nSPS) is 10.6. The molecule has 3 rings (SSSR count). The van der Waals surface area contributed by atoms with Crippen LogP contribution in [-0.4, -0.2) is 40.6 Å². The molecule has 0 atom stereocenters. The summed E-state index contributed by atoms with van der Waals surface area (Å²) in [5.41, 5.74) is 2.20. The predicted octanol–water partition coefficient (Wildman–Crippen LogP) is 3.59. The van der Waals surface area contributed by atoms with E-state index < -0.39 is 0 Å². The molecular formula is C22H25N5O2. The number of nitrogens with one attached hydrogen (secondary N) is 1. The Labute approximate surface area is 170 Å². The summed E-state index contributed by atoms with van der Waals surface area (Å²) in [4.78, 5) is 27.2. The number of carbonyl (C=O) groups excluding carboxylic acids is 1. The van der Waals surface area contributed by atoms with Gasteiger partial charge in [0.1, 0.15) is 5.75 Å². The maximum atomic E-state index is 12.6. The molecule has 0 bridgehead atoms. The third-order valence-electron chi connectivity index (χ3n) is 4.22. The minimum absolute atomic E-state index is 0.0124. The summed E-state index contributed by atoms with van der Waals surface area (Å²) in [5.74, 6) is 0.916. The number of anilines is 2. The number of pyridine rings is 1. The minimum atomic E-state index is -0.282. The first-order valence-corrected chi connectivity index (χ1v) is 9.52. The number of hydrogen-bond donors (Lipinski definition) is 1. The highest BCUT2D eigenvalue weighted by atomic mass is 16.5. The smallest absolute Gasteiger partial charge is 0.258 e. The molecule has 0 unspecified atom stereocenters. The second kappa shape index (κ2) is 9.64. The molecule has 1 aromatic carbocycles. The van der Waals surface area contributed by atoms with Gasteiger partial charge >= 0.3 is 0 Å². The fourth-order valence-corrected chi connectivity index (χ4v) is 2.70. The molecule has 0 spiro atoms. The van der Waals surface area contributed by atoms with E-state index >= 15 is 0 Å². The van der Waals surface area contributed by atoms with Crippen LogP contribution in [-0.2, 0) is 6.42 Å². The van der Waals surface area contributed by atoms with Crippen molar-refractivity contribution < 1.29 is 9.53 Å². The number of ether oxygens (including phenoxy) is 1. The Bertz CT molecular complexity index is 929. The van der Waals surface area contributed by atoms with Crippen LogP contribution in [0.15, 0.2) is 61.2 Å². The standard InChI is InChI=1S/C22H25N5O2/c1-16(2)29-20-7-5-4-6-19(20)26-21(28)18-14-24-22(25-15-18)27(3)13-10-17-8-11-23-12-9-17/h4-9,11-12,14-16H,10,13H2,1-3H3,(H,26,28). The monoisotopic (exact) mass is 391 g/mol. The highest BCUT2D eigenvalue weighted by Gasteiger charge is 2.13. The van der Waals surface area contributed by atoms with Gasteiger partial charge in [-0.25, -0.2) is 9.97 Å². The van der Waals surface area contributed by atoms with Crippen LogP contribution in [0, 0.1) is 0 Å². The van der Waals surface area contributed by atoms with E-state index in [2.05, 4.69) is 20.3 Å². The summed E-state index contributed by atoms with van der Waals surface area (Å²) in [5, 5.41) is 2.86. The van der Waals surface area contributed by atoms with Crippen LogP contribution in [0.2, 0.25) is 0 Å². The van der Waals surface area contributed by atoms with Gasteiger partial charge in [-0.05, 0) is 50.1 Å². The average Bonchev–Trinajstić information content (AvgIpc) is 2.74. The lowest BCUT2D eigenvalue weighted by Crippen LogP contribution is -2.23. The molecule has 0 aliphatic rings. The van der Waals surface area contributed by atoms with Gasteiger partial charge in [0.15, 0.2) is 0 Å². The highest BCUT2D eigenvalue weighted by molar-refractivity contribution is 6.04. The first-order valence-electron chi connectivity index (χ1n) is 9.52. The first kappa shape index (κ1) is 20.3. The van der Waals surface area contributed by atoms with E-state index in [0.29, 0.717) is 22.9 Å². The highest BCUT2D eigenvalue weighted by Crippen LogP contribution is 2.25. The Morgan fingerprint density at radius 3 is 2.48 bits per heavy atom.